The Hall–Kier alpha value is -3.87. The molecule has 1 aromatic heterocycles. The number of amides is 3. The molecule has 1 saturated heterocycles. The number of rotatable bonds is 4. The van der Waals surface area contributed by atoms with E-state index < -0.39 is 29.7 Å². The van der Waals surface area contributed by atoms with E-state index in [1.54, 1.807) is 18.2 Å². The summed E-state index contributed by atoms with van der Waals surface area (Å²) in [7, 11) is 0. The van der Waals surface area contributed by atoms with Crippen molar-refractivity contribution in [3.8, 4) is 22.1 Å². The van der Waals surface area contributed by atoms with Gasteiger partial charge in [0.2, 0.25) is 17.8 Å². The quantitative estimate of drug-likeness (QED) is 0.538. The first kappa shape index (κ1) is 22.9. The van der Waals surface area contributed by atoms with Gasteiger partial charge in [0.1, 0.15) is 11.0 Å². The zero-order valence-corrected chi connectivity index (χ0v) is 18.8. The Labute approximate surface area is 200 Å². The lowest BCUT2D eigenvalue weighted by atomic mass is 10.2. The summed E-state index contributed by atoms with van der Waals surface area (Å²) in [6, 6.07) is 8.22. The van der Waals surface area contributed by atoms with Gasteiger partial charge in [0.25, 0.3) is 0 Å². The molecule has 1 atom stereocenters. The fourth-order valence-electron chi connectivity index (χ4n) is 3.86. The molecule has 2 aliphatic heterocycles. The topological polar surface area (TPSA) is 106 Å². The molecule has 9 nitrogen and oxygen atoms in total. The Balaban J connectivity index is 1.24. The molecule has 3 aromatic rings. The highest BCUT2D eigenvalue weighted by Gasteiger charge is 2.35. The number of hydrogen-bond donors (Lipinski definition) is 2. The van der Waals surface area contributed by atoms with E-state index in [0.29, 0.717) is 35.9 Å². The largest absolute Gasteiger partial charge is 0.454 e. The summed E-state index contributed by atoms with van der Waals surface area (Å²) >= 11 is 1.16. The summed E-state index contributed by atoms with van der Waals surface area (Å²) in [6.45, 7) is 0.441. The third-order valence-corrected chi connectivity index (χ3v) is 6.42. The summed E-state index contributed by atoms with van der Waals surface area (Å²) in [6.07, 6.45) is -3.54. The zero-order valence-electron chi connectivity index (χ0n) is 18.0. The van der Waals surface area contributed by atoms with Crippen LogP contribution in [0.1, 0.15) is 18.4 Å². The van der Waals surface area contributed by atoms with E-state index in [1.165, 1.54) is 17.0 Å². The van der Waals surface area contributed by atoms with Crippen LogP contribution in [0.4, 0.5) is 28.8 Å². The Morgan fingerprint density at radius 2 is 1.89 bits per heavy atom. The van der Waals surface area contributed by atoms with Crippen molar-refractivity contribution in [1.29, 1.82) is 0 Å². The minimum atomic E-state index is -4.53. The van der Waals surface area contributed by atoms with E-state index in [0.717, 1.165) is 29.0 Å². The molecule has 0 radical (unpaired) electrons. The molecule has 2 aliphatic rings. The minimum Gasteiger partial charge on any atom is -0.454 e. The third-order valence-electron chi connectivity index (χ3n) is 5.53. The summed E-state index contributed by atoms with van der Waals surface area (Å²) in [5.41, 5.74) is -0.135. The van der Waals surface area contributed by atoms with Crippen molar-refractivity contribution in [3.05, 3.63) is 48.0 Å². The number of carbonyl (C=O) groups is 2. The first-order valence-electron chi connectivity index (χ1n) is 10.6. The molecular formula is C22H18F3N5O4S. The molecule has 1 unspecified atom stereocenters. The Kier molecular flexibility index (Phi) is 5.93. The average Bonchev–Trinajstić information content (AvgIpc) is 3.58. The van der Waals surface area contributed by atoms with Crippen molar-refractivity contribution < 1.29 is 32.2 Å². The van der Waals surface area contributed by atoms with Gasteiger partial charge in [-0.05, 0) is 49.2 Å². The van der Waals surface area contributed by atoms with E-state index in [1.807, 2.05) is 0 Å². The third kappa shape index (κ3) is 4.85. The maximum atomic E-state index is 13.0. The van der Waals surface area contributed by atoms with E-state index >= 15 is 0 Å². The van der Waals surface area contributed by atoms with Crippen LogP contribution in [0.5, 0.6) is 11.5 Å². The number of carbonyl (C=O) groups excluding carboxylic acids is 2. The number of urea groups is 1. The second-order valence-electron chi connectivity index (χ2n) is 7.83. The number of nitrogens with zero attached hydrogens (tertiary/aromatic N) is 3. The molecule has 35 heavy (non-hydrogen) atoms. The van der Waals surface area contributed by atoms with Gasteiger partial charge in [-0.15, -0.1) is 10.2 Å². The minimum absolute atomic E-state index is 0.00613. The van der Waals surface area contributed by atoms with Gasteiger partial charge in [0.05, 0.1) is 5.56 Å². The number of ether oxygens (including phenoxy) is 2. The summed E-state index contributed by atoms with van der Waals surface area (Å²) < 4.78 is 49.5. The molecule has 0 spiro atoms. The highest BCUT2D eigenvalue weighted by Crippen LogP contribution is 2.37. The normalized spacial score (nSPS) is 16.9. The van der Waals surface area contributed by atoms with Crippen molar-refractivity contribution in [1.82, 2.24) is 15.1 Å². The predicted octanol–water partition coefficient (Wildman–Crippen LogP) is 4.59. The van der Waals surface area contributed by atoms with Crippen molar-refractivity contribution >= 4 is 34.1 Å². The lowest BCUT2D eigenvalue weighted by Gasteiger charge is -2.24. The van der Waals surface area contributed by atoms with Gasteiger partial charge in [-0.3, -0.25) is 10.1 Å². The molecule has 13 heteroatoms. The molecule has 5 rings (SSSR count). The first-order valence-corrected chi connectivity index (χ1v) is 11.4. The van der Waals surface area contributed by atoms with Crippen molar-refractivity contribution in [2.24, 2.45) is 0 Å². The van der Waals surface area contributed by atoms with E-state index in [-0.39, 0.29) is 17.6 Å². The summed E-state index contributed by atoms with van der Waals surface area (Å²) in [5, 5.41) is 14.1. The lowest BCUT2D eigenvalue weighted by molar-refractivity contribution is -0.137. The van der Waals surface area contributed by atoms with Crippen LogP contribution in [0.25, 0.3) is 10.6 Å². The number of halogens is 3. The second-order valence-corrected chi connectivity index (χ2v) is 8.81. The lowest BCUT2D eigenvalue weighted by Crippen LogP contribution is -2.45. The van der Waals surface area contributed by atoms with Gasteiger partial charge in [-0.1, -0.05) is 17.4 Å². The first-order chi connectivity index (χ1) is 16.8. The number of likely N-dealkylation sites (tertiary alicyclic amines) is 1. The maximum absolute atomic E-state index is 13.0. The van der Waals surface area contributed by atoms with Crippen LogP contribution in [0.2, 0.25) is 0 Å². The fraction of sp³-hybridized carbons (Fsp3) is 0.273. The molecule has 2 aromatic carbocycles. The fourth-order valence-corrected chi connectivity index (χ4v) is 4.60. The van der Waals surface area contributed by atoms with E-state index in [4.69, 9.17) is 9.47 Å². The molecule has 182 valence electrons. The van der Waals surface area contributed by atoms with Crippen molar-refractivity contribution in [3.63, 3.8) is 0 Å². The highest BCUT2D eigenvalue weighted by atomic mass is 32.1. The number of hydrogen-bond acceptors (Lipinski definition) is 7. The molecule has 3 heterocycles. The number of benzene rings is 2. The molecule has 3 amide bonds. The van der Waals surface area contributed by atoms with Gasteiger partial charge in [0.15, 0.2) is 11.5 Å². The monoisotopic (exact) mass is 505 g/mol. The van der Waals surface area contributed by atoms with Crippen LogP contribution in [-0.4, -0.2) is 46.4 Å². The molecule has 1 fully saturated rings. The second kappa shape index (κ2) is 9.06. The van der Waals surface area contributed by atoms with Crippen molar-refractivity contribution in [2.45, 2.75) is 25.1 Å². The van der Waals surface area contributed by atoms with Gasteiger partial charge < -0.3 is 19.7 Å². The molecular weight excluding hydrogens is 487 g/mol. The van der Waals surface area contributed by atoms with Crippen LogP contribution in [0.15, 0.2) is 42.5 Å². The van der Waals surface area contributed by atoms with Crippen molar-refractivity contribution in [2.75, 3.05) is 24.0 Å². The van der Waals surface area contributed by atoms with Gasteiger partial charge in [0, 0.05) is 17.8 Å². The number of aromatic nitrogens is 2. The zero-order chi connectivity index (χ0) is 24.6. The number of anilines is 2. The number of fused-ring (bicyclic) bond motifs is 1. The number of nitrogens with one attached hydrogen (secondary N) is 2. The maximum Gasteiger partial charge on any atom is 0.416 e. The Morgan fingerprint density at radius 1 is 1.06 bits per heavy atom. The molecule has 2 N–H and O–H groups in total. The molecule has 0 bridgehead atoms. The standard InChI is InChI=1S/C22H18F3N5O4S/c23-22(24,25)13-3-1-4-14(10-13)26-21(32)30-8-2-5-15(30)18(31)27-20-29-28-19(35-20)12-6-7-16-17(9-12)34-11-33-16/h1,3-4,6-7,9-10,15H,2,5,8,11H2,(H,26,32)(H,27,29,31). The van der Waals surface area contributed by atoms with Gasteiger partial charge >= 0.3 is 12.2 Å². The number of alkyl halides is 3. The smallest absolute Gasteiger partial charge is 0.416 e. The average molecular weight is 505 g/mol. The Bertz CT molecular complexity index is 1280. The van der Waals surface area contributed by atoms with Gasteiger partial charge in [-0.25, -0.2) is 4.79 Å². The van der Waals surface area contributed by atoms with Crippen LogP contribution >= 0.6 is 11.3 Å². The highest BCUT2D eigenvalue weighted by molar-refractivity contribution is 7.18. The molecule has 0 aliphatic carbocycles. The molecule has 0 saturated carbocycles. The van der Waals surface area contributed by atoms with Crippen LogP contribution in [-0.2, 0) is 11.0 Å². The summed E-state index contributed by atoms with van der Waals surface area (Å²) in [4.78, 5) is 26.9. The van der Waals surface area contributed by atoms with Crippen LogP contribution in [0.3, 0.4) is 0 Å². The van der Waals surface area contributed by atoms with E-state index in [9.17, 15) is 22.8 Å². The van der Waals surface area contributed by atoms with Gasteiger partial charge in [-0.2, -0.15) is 13.2 Å². The summed E-state index contributed by atoms with van der Waals surface area (Å²) in [5.74, 6) is 0.781. The van der Waals surface area contributed by atoms with Crippen LogP contribution in [0, 0.1) is 0 Å². The predicted molar refractivity (Wildman–Crippen MR) is 120 cm³/mol. The SMILES string of the molecule is O=C(Nc1nnc(-c2ccc3c(c2)OCO3)s1)C1CCCN1C(=O)Nc1cccc(C(F)(F)F)c1. The van der Waals surface area contributed by atoms with Crippen LogP contribution < -0.4 is 20.1 Å². The Morgan fingerprint density at radius 3 is 2.71 bits per heavy atom. The van der Waals surface area contributed by atoms with E-state index in [2.05, 4.69) is 20.8 Å².